The number of carbonyl (C=O) groups excluding carboxylic acids is 1. The number of thioether (sulfide) groups is 1. The molecule has 0 bridgehead atoms. The van der Waals surface area contributed by atoms with Crippen LogP contribution < -0.4 is 11.1 Å². The summed E-state index contributed by atoms with van der Waals surface area (Å²) in [5.74, 6) is -0.0424. The summed E-state index contributed by atoms with van der Waals surface area (Å²) in [5, 5.41) is 2.90. The van der Waals surface area contributed by atoms with Crippen LogP contribution in [0.5, 0.6) is 0 Å². The molecule has 17 heavy (non-hydrogen) atoms. The van der Waals surface area contributed by atoms with Gasteiger partial charge in [-0.15, -0.1) is 11.8 Å². The van der Waals surface area contributed by atoms with Crippen molar-refractivity contribution < 1.29 is 4.79 Å². The van der Waals surface area contributed by atoms with E-state index < -0.39 is 0 Å². The van der Waals surface area contributed by atoms with E-state index in [1.807, 2.05) is 44.4 Å². The Morgan fingerprint density at radius 1 is 1.35 bits per heavy atom. The Kier molecular flexibility index (Phi) is 5.02. The van der Waals surface area contributed by atoms with Crippen LogP contribution in [-0.2, 0) is 0 Å². The van der Waals surface area contributed by atoms with Crippen molar-refractivity contribution >= 4 is 17.7 Å². The first kappa shape index (κ1) is 14.1. The predicted octanol–water partition coefficient (Wildman–Crippen LogP) is 2.12. The quantitative estimate of drug-likeness (QED) is 0.789. The van der Waals surface area contributed by atoms with Crippen molar-refractivity contribution in [1.29, 1.82) is 0 Å². The number of rotatable bonds is 5. The monoisotopic (exact) mass is 252 g/mol. The Balaban J connectivity index is 2.58. The fourth-order valence-electron chi connectivity index (χ4n) is 1.24. The Bertz CT molecular complexity index is 374. The molecule has 1 amide bonds. The van der Waals surface area contributed by atoms with Gasteiger partial charge in [0.05, 0.1) is 0 Å². The van der Waals surface area contributed by atoms with Gasteiger partial charge in [-0.2, -0.15) is 0 Å². The van der Waals surface area contributed by atoms with Crippen LogP contribution in [0.2, 0.25) is 0 Å². The van der Waals surface area contributed by atoms with Gasteiger partial charge in [-0.05, 0) is 42.5 Å². The molecule has 4 heteroatoms. The lowest BCUT2D eigenvalue weighted by Gasteiger charge is -2.22. The predicted molar refractivity (Wildman–Crippen MR) is 73.4 cm³/mol. The average molecular weight is 252 g/mol. The van der Waals surface area contributed by atoms with E-state index in [9.17, 15) is 4.79 Å². The first-order chi connectivity index (χ1) is 7.98. The molecule has 0 saturated heterocycles. The number of hydrogen-bond donors (Lipinski definition) is 2. The van der Waals surface area contributed by atoms with Gasteiger partial charge in [-0.1, -0.05) is 13.8 Å². The number of benzene rings is 1. The van der Waals surface area contributed by atoms with Gasteiger partial charge < -0.3 is 11.1 Å². The number of nitrogens with one attached hydrogen (secondary N) is 1. The van der Waals surface area contributed by atoms with Gasteiger partial charge in [0, 0.05) is 17.0 Å². The SMILES string of the molecule is CSc1ccc(C(=O)NCC(C)(C)CN)cc1. The van der Waals surface area contributed by atoms with Crippen molar-refractivity contribution in [3.63, 3.8) is 0 Å². The molecule has 0 atom stereocenters. The van der Waals surface area contributed by atoms with E-state index in [0.717, 1.165) is 4.90 Å². The van der Waals surface area contributed by atoms with Crippen LogP contribution in [0.1, 0.15) is 24.2 Å². The number of carbonyl (C=O) groups is 1. The third-order valence-corrected chi connectivity index (χ3v) is 3.38. The second-order valence-corrected chi connectivity index (χ2v) is 5.66. The summed E-state index contributed by atoms with van der Waals surface area (Å²) in [6, 6.07) is 7.59. The molecule has 0 radical (unpaired) electrons. The molecule has 0 spiro atoms. The van der Waals surface area contributed by atoms with Gasteiger partial charge in [0.1, 0.15) is 0 Å². The normalized spacial score (nSPS) is 11.3. The van der Waals surface area contributed by atoms with Gasteiger partial charge in [0.2, 0.25) is 0 Å². The first-order valence-electron chi connectivity index (χ1n) is 5.61. The molecule has 1 aromatic rings. The maximum Gasteiger partial charge on any atom is 0.251 e. The van der Waals surface area contributed by atoms with Crippen LogP contribution in [0.15, 0.2) is 29.2 Å². The minimum absolute atomic E-state index is 0.0424. The highest BCUT2D eigenvalue weighted by atomic mass is 32.2. The fraction of sp³-hybridized carbons (Fsp3) is 0.462. The summed E-state index contributed by atoms with van der Waals surface area (Å²) in [5.41, 5.74) is 6.24. The maximum atomic E-state index is 11.8. The minimum Gasteiger partial charge on any atom is -0.351 e. The van der Waals surface area contributed by atoms with E-state index >= 15 is 0 Å². The maximum absolute atomic E-state index is 11.8. The molecule has 0 unspecified atom stereocenters. The molecular formula is C13H20N2OS. The molecule has 0 fully saturated rings. The lowest BCUT2D eigenvalue weighted by Crippen LogP contribution is -2.38. The van der Waals surface area contributed by atoms with E-state index in [4.69, 9.17) is 5.73 Å². The zero-order valence-electron chi connectivity index (χ0n) is 10.6. The summed E-state index contributed by atoms with van der Waals surface area (Å²) in [6.07, 6.45) is 2.01. The Hall–Kier alpha value is -1.00. The second kappa shape index (κ2) is 6.07. The van der Waals surface area contributed by atoms with E-state index in [1.165, 1.54) is 0 Å². The van der Waals surface area contributed by atoms with E-state index in [-0.39, 0.29) is 11.3 Å². The van der Waals surface area contributed by atoms with Crippen molar-refractivity contribution in [2.75, 3.05) is 19.3 Å². The topological polar surface area (TPSA) is 55.1 Å². The second-order valence-electron chi connectivity index (χ2n) is 4.78. The molecule has 0 aromatic heterocycles. The molecule has 0 saturated carbocycles. The zero-order valence-corrected chi connectivity index (χ0v) is 11.4. The van der Waals surface area contributed by atoms with E-state index in [2.05, 4.69) is 5.32 Å². The Morgan fingerprint density at radius 3 is 2.41 bits per heavy atom. The van der Waals surface area contributed by atoms with Crippen molar-refractivity contribution in [2.24, 2.45) is 11.1 Å². The summed E-state index contributed by atoms with van der Waals surface area (Å²) in [7, 11) is 0. The van der Waals surface area contributed by atoms with E-state index in [0.29, 0.717) is 18.7 Å². The molecule has 94 valence electrons. The van der Waals surface area contributed by atoms with Gasteiger partial charge >= 0.3 is 0 Å². The van der Waals surface area contributed by atoms with Gasteiger partial charge in [-0.3, -0.25) is 4.79 Å². The van der Waals surface area contributed by atoms with Crippen LogP contribution in [0.4, 0.5) is 0 Å². The highest BCUT2D eigenvalue weighted by molar-refractivity contribution is 7.98. The van der Waals surface area contributed by atoms with Gasteiger partial charge in [-0.25, -0.2) is 0 Å². The third kappa shape index (κ3) is 4.40. The molecular weight excluding hydrogens is 232 g/mol. The highest BCUT2D eigenvalue weighted by Crippen LogP contribution is 2.15. The van der Waals surface area contributed by atoms with Crippen LogP contribution in [0.3, 0.4) is 0 Å². The summed E-state index contributed by atoms with van der Waals surface area (Å²) in [6.45, 7) is 5.21. The molecule has 1 rings (SSSR count). The largest absolute Gasteiger partial charge is 0.351 e. The summed E-state index contributed by atoms with van der Waals surface area (Å²) < 4.78 is 0. The van der Waals surface area contributed by atoms with Crippen molar-refractivity contribution in [1.82, 2.24) is 5.32 Å². The fourth-order valence-corrected chi connectivity index (χ4v) is 1.64. The number of amides is 1. The smallest absolute Gasteiger partial charge is 0.251 e. The highest BCUT2D eigenvalue weighted by Gasteiger charge is 2.16. The molecule has 1 aromatic carbocycles. The molecule has 0 aliphatic heterocycles. The van der Waals surface area contributed by atoms with Crippen molar-refractivity contribution in [3.05, 3.63) is 29.8 Å². The zero-order chi connectivity index (χ0) is 12.9. The lowest BCUT2D eigenvalue weighted by atomic mass is 9.94. The molecule has 0 heterocycles. The Labute approximate surface area is 107 Å². The third-order valence-electron chi connectivity index (χ3n) is 2.63. The standard InChI is InChI=1S/C13H20N2OS/c1-13(2,8-14)9-15-12(16)10-4-6-11(17-3)7-5-10/h4-7H,8-9,14H2,1-3H3,(H,15,16). The summed E-state index contributed by atoms with van der Waals surface area (Å²) in [4.78, 5) is 13.0. The molecule has 3 N–H and O–H groups in total. The van der Waals surface area contributed by atoms with E-state index in [1.54, 1.807) is 11.8 Å². The van der Waals surface area contributed by atoms with Gasteiger partial charge in [0.15, 0.2) is 0 Å². The number of nitrogens with two attached hydrogens (primary N) is 1. The van der Waals surface area contributed by atoms with Crippen LogP contribution in [0.25, 0.3) is 0 Å². The van der Waals surface area contributed by atoms with Crippen LogP contribution in [0, 0.1) is 5.41 Å². The van der Waals surface area contributed by atoms with Crippen LogP contribution in [-0.4, -0.2) is 25.3 Å². The minimum atomic E-state index is -0.0606. The first-order valence-corrected chi connectivity index (χ1v) is 6.83. The number of hydrogen-bond acceptors (Lipinski definition) is 3. The molecule has 0 aliphatic carbocycles. The van der Waals surface area contributed by atoms with Crippen LogP contribution >= 0.6 is 11.8 Å². The van der Waals surface area contributed by atoms with Gasteiger partial charge in [0.25, 0.3) is 5.91 Å². The van der Waals surface area contributed by atoms with Crippen molar-refractivity contribution in [2.45, 2.75) is 18.7 Å². The molecule has 3 nitrogen and oxygen atoms in total. The lowest BCUT2D eigenvalue weighted by molar-refractivity contribution is 0.0938. The van der Waals surface area contributed by atoms with Crippen molar-refractivity contribution in [3.8, 4) is 0 Å². The molecule has 0 aliphatic rings. The Morgan fingerprint density at radius 2 is 1.94 bits per heavy atom. The average Bonchev–Trinajstić information content (AvgIpc) is 2.36. The summed E-state index contributed by atoms with van der Waals surface area (Å²) >= 11 is 1.66.